The van der Waals surface area contributed by atoms with Crippen molar-refractivity contribution in [1.29, 1.82) is 0 Å². The molecule has 6 nitrogen and oxygen atoms in total. The summed E-state index contributed by atoms with van der Waals surface area (Å²) in [5, 5.41) is 9.02. The van der Waals surface area contributed by atoms with E-state index in [-0.39, 0.29) is 0 Å². The molecule has 16 rings (SSSR count). The maximum Gasteiger partial charge on any atom is 0.164 e. The number of thiophene rings is 1. The average molecular weight is 989 g/mol. The van der Waals surface area contributed by atoms with E-state index in [0.29, 0.717) is 17.5 Å². The lowest BCUT2D eigenvalue weighted by Gasteiger charge is -2.11. The van der Waals surface area contributed by atoms with Gasteiger partial charge < -0.3 is 13.4 Å². The molecular formula is C69H40N4O2S. The van der Waals surface area contributed by atoms with Crippen molar-refractivity contribution in [3.63, 3.8) is 0 Å². The molecule has 16 aromatic rings. The zero-order chi connectivity index (χ0) is 49.8. The van der Waals surface area contributed by atoms with Crippen LogP contribution in [0.2, 0.25) is 0 Å². The minimum absolute atomic E-state index is 0.543. The summed E-state index contributed by atoms with van der Waals surface area (Å²) in [7, 11) is 0. The molecule has 0 atom stereocenters. The molecule has 0 aliphatic rings. The van der Waals surface area contributed by atoms with Crippen molar-refractivity contribution in [2.24, 2.45) is 0 Å². The Morgan fingerprint density at radius 1 is 0.303 bits per heavy atom. The molecule has 0 fully saturated rings. The molecule has 0 radical (unpaired) electrons. The summed E-state index contributed by atoms with van der Waals surface area (Å²) in [6.07, 6.45) is 0. The molecule has 0 aliphatic carbocycles. The molecule has 354 valence electrons. The molecular weight excluding hydrogens is 949 g/mol. The van der Waals surface area contributed by atoms with Gasteiger partial charge >= 0.3 is 0 Å². The summed E-state index contributed by atoms with van der Waals surface area (Å²) in [5.41, 5.74) is 15.9. The summed E-state index contributed by atoms with van der Waals surface area (Å²) in [6.45, 7) is 0. The van der Waals surface area contributed by atoms with Crippen LogP contribution in [0, 0.1) is 0 Å². The highest BCUT2D eigenvalue weighted by Crippen LogP contribution is 2.45. The number of furan rings is 2. The molecule has 0 N–H and O–H groups in total. The third-order valence-corrected chi connectivity index (χ3v) is 16.3. The number of hydrogen-bond donors (Lipinski definition) is 0. The number of para-hydroxylation sites is 2. The Kier molecular flexibility index (Phi) is 9.40. The Morgan fingerprint density at radius 3 is 1.75 bits per heavy atom. The van der Waals surface area contributed by atoms with Crippen molar-refractivity contribution < 1.29 is 8.83 Å². The van der Waals surface area contributed by atoms with E-state index in [2.05, 4.69) is 187 Å². The highest BCUT2D eigenvalue weighted by molar-refractivity contribution is 7.26. The van der Waals surface area contributed by atoms with Crippen molar-refractivity contribution in [1.82, 2.24) is 19.5 Å². The SMILES string of the molecule is c1ccc(-c2nc(-c3cc(-c4ccccc4)c4c(c3)oc3ccccc34)nc(-c3cccc4oc5ccc(-c6ccc7c(c6)c6ccc(-c8cccc9c8sc8ccccc89)cc6n7-c6ccccc6)cc5c34)n2)cc1. The van der Waals surface area contributed by atoms with Crippen LogP contribution in [0.4, 0.5) is 0 Å². The van der Waals surface area contributed by atoms with Gasteiger partial charge in [-0.25, -0.2) is 15.0 Å². The van der Waals surface area contributed by atoms with Crippen LogP contribution in [0.15, 0.2) is 251 Å². The van der Waals surface area contributed by atoms with Gasteiger partial charge in [-0.05, 0) is 106 Å². The highest BCUT2D eigenvalue weighted by atomic mass is 32.1. The predicted molar refractivity (Wildman–Crippen MR) is 314 cm³/mol. The first-order valence-electron chi connectivity index (χ1n) is 25.5. The second-order valence-electron chi connectivity index (χ2n) is 19.4. The highest BCUT2D eigenvalue weighted by Gasteiger charge is 2.22. The Hall–Kier alpha value is -9.95. The number of hydrogen-bond acceptors (Lipinski definition) is 6. The molecule has 0 bridgehead atoms. The Morgan fingerprint density at radius 2 is 0.908 bits per heavy atom. The van der Waals surface area contributed by atoms with E-state index in [4.69, 9.17) is 23.8 Å². The van der Waals surface area contributed by atoms with Gasteiger partial charge in [0.15, 0.2) is 17.5 Å². The van der Waals surface area contributed by atoms with Gasteiger partial charge in [-0.2, -0.15) is 0 Å². The zero-order valence-electron chi connectivity index (χ0n) is 40.6. The Labute approximate surface area is 439 Å². The fourth-order valence-corrected chi connectivity index (χ4v) is 12.8. The topological polar surface area (TPSA) is 69.9 Å². The van der Waals surface area contributed by atoms with Crippen molar-refractivity contribution in [3.8, 4) is 73.2 Å². The van der Waals surface area contributed by atoms with Crippen LogP contribution in [0.3, 0.4) is 0 Å². The van der Waals surface area contributed by atoms with E-state index in [1.807, 2.05) is 72.0 Å². The van der Waals surface area contributed by atoms with Gasteiger partial charge in [-0.1, -0.05) is 170 Å². The summed E-state index contributed by atoms with van der Waals surface area (Å²) in [5.74, 6) is 1.66. The average Bonchev–Trinajstić information content (AvgIpc) is 4.27. The van der Waals surface area contributed by atoms with E-state index in [0.717, 1.165) is 99.5 Å². The Bertz CT molecular complexity index is 4990. The van der Waals surface area contributed by atoms with Crippen LogP contribution in [0.1, 0.15) is 0 Å². The smallest absolute Gasteiger partial charge is 0.164 e. The van der Waals surface area contributed by atoms with Gasteiger partial charge in [0.2, 0.25) is 0 Å². The molecule has 0 spiro atoms. The zero-order valence-corrected chi connectivity index (χ0v) is 41.4. The monoisotopic (exact) mass is 988 g/mol. The van der Waals surface area contributed by atoms with Crippen LogP contribution < -0.4 is 0 Å². The minimum Gasteiger partial charge on any atom is -0.456 e. The molecule has 11 aromatic carbocycles. The van der Waals surface area contributed by atoms with Crippen molar-refractivity contribution >= 4 is 97.2 Å². The van der Waals surface area contributed by atoms with Gasteiger partial charge in [0.25, 0.3) is 0 Å². The Balaban J connectivity index is 0.860. The largest absolute Gasteiger partial charge is 0.456 e. The summed E-state index contributed by atoms with van der Waals surface area (Å²) < 4.78 is 18.3. The quantitative estimate of drug-likeness (QED) is 0.159. The molecule has 0 aliphatic heterocycles. The number of aromatic nitrogens is 4. The molecule has 0 saturated carbocycles. The van der Waals surface area contributed by atoms with E-state index in [1.54, 1.807) is 0 Å². The lowest BCUT2D eigenvalue weighted by atomic mass is 9.96. The fourth-order valence-electron chi connectivity index (χ4n) is 11.6. The van der Waals surface area contributed by atoms with E-state index in [1.165, 1.54) is 42.1 Å². The molecule has 7 heteroatoms. The lowest BCUT2D eigenvalue weighted by molar-refractivity contribution is 0.668. The van der Waals surface area contributed by atoms with Crippen molar-refractivity contribution in [2.45, 2.75) is 0 Å². The van der Waals surface area contributed by atoms with Gasteiger partial charge in [0, 0.05) is 74.9 Å². The van der Waals surface area contributed by atoms with Crippen molar-refractivity contribution in [2.75, 3.05) is 0 Å². The fraction of sp³-hybridized carbons (Fsp3) is 0. The van der Waals surface area contributed by atoms with Gasteiger partial charge in [0.05, 0.1) is 11.0 Å². The molecule has 0 saturated heterocycles. The third-order valence-electron chi connectivity index (χ3n) is 15.1. The number of benzene rings is 11. The molecule has 76 heavy (non-hydrogen) atoms. The first-order chi connectivity index (χ1) is 37.6. The van der Waals surface area contributed by atoms with E-state index < -0.39 is 0 Å². The molecule has 5 aromatic heterocycles. The predicted octanol–water partition coefficient (Wildman–Crippen LogP) is 19.1. The van der Waals surface area contributed by atoms with Crippen LogP contribution in [0.5, 0.6) is 0 Å². The maximum atomic E-state index is 6.66. The lowest BCUT2D eigenvalue weighted by Crippen LogP contribution is -2.00. The summed E-state index contributed by atoms with van der Waals surface area (Å²) in [6, 6.07) is 85.7. The standard InChI is InChI=1S/C69H40N4O2S/c1-4-16-41(17-5-1)54-38-46(40-62-64(54)52-23-10-12-27-59(52)75-62)68-70-67(42-18-6-2-7-19-42)71-69(72-68)53-26-15-28-61-65(53)56-37-44(32-35-60(56)74-61)43-31-34-57-55(36-43)49-33-30-45(39-58(49)73(57)47-20-8-3-9-21-47)48-24-14-25-51-50-22-11-13-29-63(50)76-66(48)51/h1-40H. The third kappa shape index (κ3) is 6.69. The van der Waals surface area contributed by atoms with Gasteiger partial charge in [-0.3, -0.25) is 0 Å². The van der Waals surface area contributed by atoms with Crippen LogP contribution in [-0.2, 0) is 0 Å². The molecule has 0 amide bonds. The summed E-state index contributed by atoms with van der Waals surface area (Å²) >= 11 is 1.87. The maximum absolute atomic E-state index is 6.66. The van der Waals surface area contributed by atoms with Crippen LogP contribution >= 0.6 is 11.3 Å². The number of fused-ring (bicyclic) bond motifs is 12. The molecule has 5 heterocycles. The van der Waals surface area contributed by atoms with Crippen LogP contribution in [0.25, 0.3) is 159 Å². The number of nitrogens with zero attached hydrogens (tertiary/aromatic N) is 4. The number of rotatable bonds is 7. The second kappa shape index (κ2) is 16.8. The van der Waals surface area contributed by atoms with Gasteiger partial charge in [0.1, 0.15) is 22.3 Å². The van der Waals surface area contributed by atoms with Crippen molar-refractivity contribution in [3.05, 3.63) is 243 Å². The first-order valence-corrected chi connectivity index (χ1v) is 26.3. The molecule has 0 unspecified atom stereocenters. The summed E-state index contributed by atoms with van der Waals surface area (Å²) in [4.78, 5) is 15.8. The second-order valence-corrected chi connectivity index (χ2v) is 20.5. The van der Waals surface area contributed by atoms with E-state index >= 15 is 0 Å². The minimum atomic E-state index is 0.543. The van der Waals surface area contributed by atoms with E-state index in [9.17, 15) is 0 Å². The normalized spacial score (nSPS) is 11.9. The van der Waals surface area contributed by atoms with Crippen LogP contribution in [-0.4, -0.2) is 19.5 Å². The first kappa shape index (κ1) is 42.5. The van der Waals surface area contributed by atoms with Gasteiger partial charge in [-0.15, -0.1) is 11.3 Å².